The Labute approximate surface area is 131 Å². The summed E-state index contributed by atoms with van der Waals surface area (Å²) in [7, 11) is 0. The van der Waals surface area contributed by atoms with Crippen molar-refractivity contribution in [3.63, 3.8) is 0 Å². The van der Waals surface area contributed by atoms with Crippen molar-refractivity contribution >= 4 is 17.8 Å². The third-order valence-corrected chi connectivity index (χ3v) is 2.92. The van der Waals surface area contributed by atoms with Gasteiger partial charge in [0.2, 0.25) is 0 Å². The van der Waals surface area contributed by atoms with Crippen LogP contribution >= 0.6 is 0 Å². The zero-order valence-electron chi connectivity index (χ0n) is 12.2. The van der Waals surface area contributed by atoms with Crippen molar-refractivity contribution in [2.24, 2.45) is 0 Å². The summed E-state index contributed by atoms with van der Waals surface area (Å²) in [6.07, 6.45) is 2.54. The lowest BCUT2D eigenvalue weighted by Crippen LogP contribution is -2.01. The topological polar surface area (TPSA) is 104 Å². The molecule has 2 aromatic carbocycles. The Balaban J connectivity index is 2.19. The molecule has 0 heterocycles. The van der Waals surface area contributed by atoms with Gasteiger partial charge in [-0.2, -0.15) is 0 Å². The lowest BCUT2D eigenvalue weighted by atomic mass is 10.1. The fourth-order valence-corrected chi connectivity index (χ4v) is 1.88. The summed E-state index contributed by atoms with van der Waals surface area (Å²) in [6, 6.07) is 7.85. The number of aromatic hydroxyl groups is 3. The molecular formula is C17H14O6. The van der Waals surface area contributed by atoms with Crippen LogP contribution in [-0.4, -0.2) is 27.1 Å². The third-order valence-electron chi connectivity index (χ3n) is 2.92. The fourth-order valence-electron chi connectivity index (χ4n) is 1.88. The Kier molecular flexibility index (Phi) is 4.66. The van der Waals surface area contributed by atoms with Gasteiger partial charge in [-0.25, -0.2) is 0 Å². The van der Waals surface area contributed by atoms with Crippen molar-refractivity contribution < 1.29 is 29.6 Å². The number of rotatable bonds is 4. The van der Waals surface area contributed by atoms with E-state index in [1.807, 2.05) is 0 Å². The van der Waals surface area contributed by atoms with Gasteiger partial charge in [-0.3, -0.25) is 9.59 Å². The highest BCUT2D eigenvalue weighted by Crippen LogP contribution is 2.26. The number of ether oxygens (including phenoxy) is 1. The largest absolute Gasteiger partial charge is 0.508 e. The second-order valence-electron chi connectivity index (χ2n) is 4.71. The predicted octanol–water partition coefficient (Wildman–Crippen LogP) is 2.62. The number of benzene rings is 2. The van der Waals surface area contributed by atoms with Crippen molar-refractivity contribution in [1.82, 2.24) is 0 Å². The normalized spacial score (nSPS) is 10.7. The minimum Gasteiger partial charge on any atom is -0.508 e. The predicted molar refractivity (Wildman–Crippen MR) is 82.6 cm³/mol. The van der Waals surface area contributed by atoms with Gasteiger partial charge in [-0.1, -0.05) is 0 Å². The van der Waals surface area contributed by atoms with Crippen LogP contribution in [-0.2, 0) is 4.79 Å². The van der Waals surface area contributed by atoms with Crippen molar-refractivity contribution in [3.8, 4) is 23.0 Å². The maximum Gasteiger partial charge on any atom is 0.308 e. The van der Waals surface area contributed by atoms with E-state index in [0.717, 1.165) is 6.07 Å². The summed E-state index contributed by atoms with van der Waals surface area (Å²) < 4.78 is 4.83. The molecule has 0 amide bonds. The molecule has 0 radical (unpaired) electrons. The molecule has 0 aliphatic rings. The number of phenolic OH excluding ortho intramolecular Hbond substituents is 3. The molecule has 0 saturated carbocycles. The van der Waals surface area contributed by atoms with Gasteiger partial charge >= 0.3 is 5.97 Å². The quantitative estimate of drug-likeness (QED) is 0.347. The monoisotopic (exact) mass is 314 g/mol. The highest BCUT2D eigenvalue weighted by atomic mass is 16.5. The molecule has 23 heavy (non-hydrogen) atoms. The SMILES string of the molecule is CC(=O)Oc1ccc(C=CC(=O)c2ccc(O)cc2O)c(O)c1. The van der Waals surface area contributed by atoms with Gasteiger partial charge in [-0.05, 0) is 36.4 Å². The molecule has 6 heteroatoms. The van der Waals surface area contributed by atoms with Crippen LogP contribution in [0, 0.1) is 0 Å². The van der Waals surface area contributed by atoms with Gasteiger partial charge in [0.15, 0.2) is 5.78 Å². The maximum absolute atomic E-state index is 12.0. The zero-order valence-corrected chi connectivity index (χ0v) is 12.2. The molecule has 118 valence electrons. The van der Waals surface area contributed by atoms with Crippen LogP contribution < -0.4 is 4.74 Å². The van der Waals surface area contributed by atoms with Crippen LogP contribution in [0.15, 0.2) is 42.5 Å². The van der Waals surface area contributed by atoms with E-state index in [9.17, 15) is 24.9 Å². The van der Waals surface area contributed by atoms with Gasteiger partial charge in [0.25, 0.3) is 0 Å². The van der Waals surface area contributed by atoms with E-state index >= 15 is 0 Å². The Morgan fingerprint density at radius 1 is 1.00 bits per heavy atom. The molecular weight excluding hydrogens is 300 g/mol. The lowest BCUT2D eigenvalue weighted by Gasteiger charge is -2.04. The Bertz CT molecular complexity index is 792. The van der Waals surface area contributed by atoms with E-state index in [0.29, 0.717) is 5.56 Å². The molecule has 2 rings (SSSR count). The van der Waals surface area contributed by atoms with Crippen LogP contribution in [0.2, 0.25) is 0 Å². The molecule has 0 aromatic heterocycles. The molecule has 0 aliphatic heterocycles. The number of esters is 1. The average molecular weight is 314 g/mol. The van der Waals surface area contributed by atoms with Crippen LogP contribution in [0.1, 0.15) is 22.8 Å². The van der Waals surface area contributed by atoms with Gasteiger partial charge in [0, 0.05) is 24.6 Å². The fraction of sp³-hybridized carbons (Fsp3) is 0.0588. The molecule has 2 aromatic rings. The minimum absolute atomic E-state index is 0.0232. The van der Waals surface area contributed by atoms with Crippen molar-refractivity contribution in [1.29, 1.82) is 0 Å². The molecule has 0 unspecified atom stereocenters. The first-order valence-corrected chi connectivity index (χ1v) is 6.62. The molecule has 0 atom stereocenters. The molecule has 0 aliphatic carbocycles. The second kappa shape index (κ2) is 6.65. The number of ketones is 1. The third kappa shape index (κ3) is 4.10. The number of carbonyl (C=O) groups is 2. The first kappa shape index (κ1) is 16.1. The van der Waals surface area contributed by atoms with E-state index < -0.39 is 11.8 Å². The molecule has 3 N–H and O–H groups in total. The first-order chi connectivity index (χ1) is 10.9. The summed E-state index contributed by atoms with van der Waals surface area (Å²) in [5.41, 5.74) is 0.364. The summed E-state index contributed by atoms with van der Waals surface area (Å²) in [5.74, 6) is -1.47. The molecule has 0 spiro atoms. The molecule has 0 saturated heterocycles. The number of phenols is 3. The van der Waals surface area contributed by atoms with Crippen LogP contribution in [0.5, 0.6) is 23.0 Å². The summed E-state index contributed by atoms with van der Waals surface area (Å²) >= 11 is 0. The van der Waals surface area contributed by atoms with Gasteiger partial charge < -0.3 is 20.1 Å². The van der Waals surface area contributed by atoms with E-state index in [1.54, 1.807) is 0 Å². The summed E-state index contributed by atoms with van der Waals surface area (Å²) in [6.45, 7) is 1.24. The van der Waals surface area contributed by atoms with Crippen molar-refractivity contribution in [3.05, 3.63) is 53.6 Å². The number of hydrogen-bond donors (Lipinski definition) is 3. The summed E-state index contributed by atoms with van der Waals surface area (Å²) in [5, 5.41) is 28.7. The molecule has 6 nitrogen and oxygen atoms in total. The zero-order chi connectivity index (χ0) is 17.0. The Hall–Kier alpha value is -3.28. The second-order valence-corrected chi connectivity index (χ2v) is 4.71. The Morgan fingerprint density at radius 3 is 2.35 bits per heavy atom. The van der Waals surface area contributed by atoms with E-state index in [4.69, 9.17) is 4.74 Å². The Morgan fingerprint density at radius 2 is 1.74 bits per heavy atom. The van der Waals surface area contributed by atoms with Crippen molar-refractivity contribution in [2.75, 3.05) is 0 Å². The van der Waals surface area contributed by atoms with E-state index in [2.05, 4.69) is 0 Å². The lowest BCUT2D eigenvalue weighted by molar-refractivity contribution is -0.131. The minimum atomic E-state index is -0.509. The highest BCUT2D eigenvalue weighted by molar-refractivity contribution is 6.08. The maximum atomic E-state index is 12.0. The molecule has 0 bridgehead atoms. The number of hydrogen-bond acceptors (Lipinski definition) is 6. The average Bonchev–Trinajstić information content (AvgIpc) is 2.45. The highest BCUT2D eigenvalue weighted by Gasteiger charge is 2.09. The standard InChI is InChI=1S/C17H14O6/c1-10(18)23-13-5-2-11(16(21)9-13)3-7-15(20)14-6-4-12(19)8-17(14)22/h2-9,19,21-22H,1H3. The first-order valence-electron chi connectivity index (χ1n) is 6.62. The van der Waals surface area contributed by atoms with E-state index in [1.165, 1.54) is 49.4 Å². The van der Waals surface area contributed by atoms with Gasteiger partial charge in [-0.15, -0.1) is 0 Å². The van der Waals surface area contributed by atoms with Crippen LogP contribution in [0.4, 0.5) is 0 Å². The van der Waals surface area contributed by atoms with Gasteiger partial charge in [0.05, 0.1) is 5.56 Å². The van der Waals surface area contributed by atoms with E-state index in [-0.39, 0.29) is 28.6 Å². The van der Waals surface area contributed by atoms with Gasteiger partial charge in [0.1, 0.15) is 23.0 Å². The van der Waals surface area contributed by atoms with Crippen LogP contribution in [0.25, 0.3) is 6.08 Å². The summed E-state index contributed by atoms with van der Waals surface area (Å²) in [4.78, 5) is 22.8. The number of allylic oxidation sites excluding steroid dienone is 1. The van der Waals surface area contributed by atoms with Crippen molar-refractivity contribution in [2.45, 2.75) is 6.92 Å². The smallest absolute Gasteiger partial charge is 0.308 e. The van der Waals surface area contributed by atoms with Crippen LogP contribution in [0.3, 0.4) is 0 Å². The molecule has 0 fully saturated rings. The number of carbonyl (C=O) groups excluding carboxylic acids is 2.